The number of rotatable bonds is 7. The molecule has 0 aliphatic carbocycles. The normalized spacial score (nSPS) is 10.2. The zero-order chi connectivity index (χ0) is 14.4. The van der Waals surface area contributed by atoms with Gasteiger partial charge in [0.15, 0.2) is 6.33 Å². The van der Waals surface area contributed by atoms with Gasteiger partial charge in [-0.2, -0.15) is 4.98 Å². The molecule has 1 aromatic carbocycles. The molecule has 0 aliphatic rings. The SMILES string of the molecule is CCOc1cc(NCCc2ncno2)cc([N+](=O)[O-])c1. The average Bonchev–Trinajstić information content (AvgIpc) is 2.92. The Morgan fingerprint density at radius 2 is 2.30 bits per heavy atom. The lowest BCUT2D eigenvalue weighted by Gasteiger charge is -2.08. The fourth-order valence-corrected chi connectivity index (χ4v) is 1.66. The van der Waals surface area contributed by atoms with Gasteiger partial charge in [0.25, 0.3) is 5.69 Å². The molecule has 0 saturated carbocycles. The number of non-ortho nitro benzene ring substituents is 1. The Hall–Kier alpha value is -2.64. The van der Waals surface area contributed by atoms with E-state index in [4.69, 9.17) is 9.26 Å². The Labute approximate surface area is 114 Å². The van der Waals surface area contributed by atoms with Crippen LogP contribution < -0.4 is 10.1 Å². The van der Waals surface area contributed by atoms with Gasteiger partial charge in [-0.1, -0.05) is 5.16 Å². The van der Waals surface area contributed by atoms with Crippen molar-refractivity contribution in [1.82, 2.24) is 10.1 Å². The molecule has 0 bridgehead atoms. The van der Waals surface area contributed by atoms with Crippen molar-refractivity contribution in [3.8, 4) is 5.75 Å². The van der Waals surface area contributed by atoms with E-state index >= 15 is 0 Å². The van der Waals surface area contributed by atoms with Crippen molar-refractivity contribution in [2.24, 2.45) is 0 Å². The zero-order valence-electron chi connectivity index (χ0n) is 10.9. The third-order valence-corrected chi connectivity index (χ3v) is 2.49. The monoisotopic (exact) mass is 278 g/mol. The van der Waals surface area contributed by atoms with Crippen LogP contribution in [0.3, 0.4) is 0 Å². The van der Waals surface area contributed by atoms with Gasteiger partial charge < -0.3 is 14.6 Å². The van der Waals surface area contributed by atoms with Crippen LogP contribution in [0.1, 0.15) is 12.8 Å². The first-order valence-corrected chi connectivity index (χ1v) is 6.10. The highest BCUT2D eigenvalue weighted by Gasteiger charge is 2.10. The topological polar surface area (TPSA) is 103 Å². The number of anilines is 1. The summed E-state index contributed by atoms with van der Waals surface area (Å²) in [7, 11) is 0. The van der Waals surface area contributed by atoms with E-state index in [1.54, 1.807) is 6.07 Å². The number of aromatic nitrogens is 2. The molecule has 1 aromatic heterocycles. The Bertz CT molecular complexity index is 571. The molecule has 0 unspecified atom stereocenters. The molecule has 8 nitrogen and oxygen atoms in total. The molecule has 0 atom stereocenters. The lowest BCUT2D eigenvalue weighted by Crippen LogP contribution is -2.06. The van der Waals surface area contributed by atoms with Crippen LogP contribution in [0.2, 0.25) is 0 Å². The lowest BCUT2D eigenvalue weighted by atomic mass is 10.2. The summed E-state index contributed by atoms with van der Waals surface area (Å²) in [5.41, 5.74) is 0.596. The first kappa shape index (κ1) is 13.8. The van der Waals surface area contributed by atoms with E-state index in [1.165, 1.54) is 18.5 Å². The number of hydrogen-bond donors (Lipinski definition) is 1. The molecule has 0 aliphatic heterocycles. The van der Waals surface area contributed by atoms with E-state index < -0.39 is 4.92 Å². The summed E-state index contributed by atoms with van der Waals surface area (Å²) in [5, 5.41) is 17.4. The van der Waals surface area contributed by atoms with Crippen LogP contribution in [0.15, 0.2) is 29.0 Å². The molecule has 0 radical (unpaired) electrons. The number of ether oxygens (including phenoxy) is 1. The highest BCUT2D eigenvalue weighted by Crippen LogP contribution is 2.26. The minimum atomic E-state index is -0.453. The molecule has 0 spiro atoms. The number of nitro benzene ring substituents is 1. The summed E-state index contributed by atoms with van der Waals surface area (Å²) in [6, 6.07) is 4.56. The van der Waals surface area contributed by atoms with Gasteiger partial charge in [-0.05, 0) is 6.92 Å². The fraction of sp³-hybridized carbons (Fsp3) is 0.333. The summed E-state index contributed by atoms with van der Waals surface area (Å²) >= 11 is 0. The van der Waals surface area contributed by atoms with E-state index in [0.29, 0.717) is 36.9 Å². The van der Waals surface area contributed by atoms with Gasteiger partial charge in [-0.25, -0.2) is 0 Å². The zero-order valence-corrected chi connectivity index (χ0v) is 10.9. The number of benzene rings is 1. The molecule has 1 N–H and O–H groups in total. The van der Waals surface area contributed by atoms with Crippen LogP contribution in [0.4, 0.5) is 11.4 Å². The Morgan fingerprint density at radius 3 is 2.95 bits per heavy atom. The fourth-order valence-electron chi connectivity index (χ4n) is 1.66. The van der Waals surface area contributed by atoms with Crippen LogP contribution in [0.25, 0.3) is 0 Å². The molecule has 2 aromatic rings. The summed E-state index contributed by atoms with van der Waals surface area (Å²) < 4.78 is 10.2. The number of nitrogens with one attached hydrogen (secondary N) is 1. The highest BCUT2D eigenvalue weighted by atomic mass is 16.6. The summed E-state index contributed by atoms with van der Waals surface area (Å²) in [5.74, 6) is 0.968. The van der Waals surface area contributed by atoms with E-state index in [-0.39, 0.29) is 5.69 Å². The number of nitrogens with zero attached hydrogens (tertiary/aromatic N) is 3. The molecule has 106 valence electrons. The largest absolute Gasteiger partial charge is 0.494 e. The van der Waals surface area contributed by atoms with Crippen LogP contribution >= 0.6 is 0 Å². The van der Waals surface area contributed by atoms with Crippen molar-refractivity contribution in [1.29, 1.82) is 0 Å². The van der Waals surface area contributed by atoms with Gasteiger partial charge in [0, 0.05) is 30.8 Å². The van der Waals surface area contributed by atoms with Gasteiger partial charge in [0.05, 0.1) is 17.6 Å². The molecule has 2 rings (SSSR count). The second-order valence-electron chi connectivity index (χ2n) is 3.92. The van der Waals surface area contributed by atoms with Gasteiger partial charge in [-0.3, -0.25) is 10.1 Å². The Morgan fingerprint density at radius 1 is 1.45 bits per heavy atom. The second kappa shape index (κ2) is 6.50. The van der Waals surface area contributed by atoms with Crippen LogP contribution in [0.5, 0.6) is 5.75 Å². The average molecular weight is 278 g/mol. The van der Waals surface area contributed by atoms with Crippen molar-refractivity contribution in [3.63, 3.8) is 0 Å². The van der Waals surface area contributed by atoms with Crippen molar-refractivity contribution in [2.45, 2.75) is 13.3 Å². The maximum absolute atomic E-state index is 10.9. The molecule has 1 heterocycles. The maximum atomic E-state index is 10.9. The van der Waals surface area contributed by atoms with Gasteiger partial charge >= 0.3 is 0 Å². The lowest BCUT2D eigenvalue weighted by molar-refractivity contribution is -0.384. The van der Waals surface area contributed by atoms with E-state index in [2.05, 4.69) is 15.5 Å². The predicted molar refractivity (Wildman–Crippen MR) is 70.8 cm³/mol. The van der Waals surface area contributed by atoms with Gasteiger partial charge in [0.1, 0.15) is 5.75 Å². The summed E-state index contributed by atoms with van der Waals surface area (Å²) in [6.45, 7) is 2.79. The quantitative estimate of drug-likeness (QED) is 0.610. The van der Waals surface area contributed by atoms with E-state index in [9.17, 15) is 10.1 Å². The molecule has 8 heteroatoms. The van der Waals surface area contributed by atoms with Crippen LogP contribution in [0, 0.1) is 10.1 Å². The molecular formula is C12H14N4O4. The Kier molecular flexibility index (Phi) is 4.48. The second-order valence-corrected chi connectivity index (χ2v) is 3.92. The first-order valence-electron chi connectivity index (χ1n) is 6.10. The molecule has 20 heavy (non-hydrogen) atoms. The van der Waals surface area contributed by atoms with E-state index in [1.807, 2.05) is 6.92 Å². The number of nitro groups is 1. The molecule has 0 fully saturated rings. The summed E-state index contributed by atoms with van der Waals surface area (Å²) in [6.07, 6.45) is 1.86. The Balaban J connectivity index is 2.03. The smallest absolute Gasteiger partial charge is 0.275 e. The summed E-state index contributed by atoms with van der Waals surface area (Å²) in [4.78, 5) is 14.3. The predicted octanol–water partition coefficient (Wildman–Crippen LogP) is 2.03. The molecular weight excluding hydrogens is 264 g/mol. The van der Waals surface area contributed by atoms with E-state index in [0.717, 1.165) is 0 Å². The third kappa shape index (κ3) is 3.67. The minimum Gasteiger partial charge on any atom is -0.494 e. The van der Waals surface area contributed by atoms with Crippen molar-refractivity contribution in [3.05, 3.63) is 40.5 Å². The third-order valence-electron chi connectivity index (χ3n) is 2.49. The molecule has 0 saturated heterocycles. The minimum absolute atomic E-state index is 0.0174. The number of hydrogen-bond acceptors (Lipinski definition) is 7. The van der Waals surface area contributed by atoms with Crippen LogP contribution in [-0.2, 0) is 6.42 Å². The maximum Gasteiger partial charge on any atom is 0.275 e. The van der Waals surface area contributed by atoms with Crippen molar-refractivity contribution < 1.29 is 14.2 Å². The highest BCUT2D eigenvalue weighted by molar-refractivity contribution is 5.56. The standard InChI is InChI=1S/C12H14N4O4/c1-2-19-11-6-9(5-10(7-11)16(17)18)13-4-3-12-14-8-15-20-12/h5-8,13H,2-4H2,1H3. The molecule has 0 amide bonds. The van der Waals surface area contributed by atoms with Crippen LogP contribution in [-0.4, -0.2) is 28.2 Å². The van der Waals surface area contributed by atoms with Gasteiger partial charge in [-0.15, -0.1) is 0 Å². The van der Waals surface area contributed by atoms with Gasteiger partial charge in [0.2, 0.25) is 5.89 Å². The van der Waals surface area contributed by atoms with Crippen molar-refractivity contribution in [2.75, 3.05) is 18.5 Å². The van der Waals surface area contributed by atoms with Crippen molar-refractivity contribution >= 4 is 11.4 Å². The first-order chi connectivity index (χ1) is 9.69.